The van der Waals surface area contributed by atoms with Gasteiger partial charge in [-0.2, -0.15) is 0 Å². The highest BCUT2D eigenvalue weighted by molar-refractivity contribution is 5.21. The minimum Gasteiger partial charge on any atom is -0.297 e. The van der Waals surface area contributed by atoms with Crippen LogP contribution in [-0.2, 0) is 0 Å². The minimum atomic E-state index is -2.35. The molecule has 3 fully saturated rings. The van der Waals surface area contributed by atoms with Gasteiger partial charge in [0.15, 0.2) is 0 Å². The maximum absolute atomic E-state index is 13.4. The SMILES string of the molecule is CCC[C@@]12CCCN1C[C@@]1(CC1(F)F)C2. The van der Waals surface area contributed by atoms with Gasteiger partial charge in [-0.05, 0) is 32.2 Å². The first kappa shape index (κ1) is 10.0. The van der Waals surface area contributed by atoms with Crippen molar-refractivity contribution in [2.75, 3.05) is 13.1 Å². The van der Waals surface area contributed by atoms with Crippen molar-refractivity contribution < 1.29 is 8.78 Å². The lowest BCUT2D eigenvalue weighted by molar-refractivity contribution is 0.0655. The van der Waals surface area contributed by atoms with Crippen molar-refractivity contribution in [3.63, 3.8) is 0 Å². The summed E-state index contributed by atoms with van der Waals surface area (Å²) in [7, 11) is 0. The highest BCUT2D eigenvalue weighted by atomic mass is 19.3. The number of fused-ring (bicyclic) bond motifs is 1. The van der Waals surface area contributed by atoms with Crippen molar-refractivity contribution in [3.05, 3.63) is 0 Å². The highest BCUT2D eigenvalue weighted by Gasteiger charge is 2.76. The van der Waals surface area contributed by atoms with Crippen LogP contribution in [0.1, 0.15) is 45.4 Å². The largest absolute Gasteiger partial charge is 0.297 e. The maximum Gasteiger partial charge on any atom is 0.255 e. The molecule has 0 radical (unpaired) electrons. The molecule has 0 aromatic carbocycles. The van der Waals surface area contributed by atoms with E-state index in [4.69, 9.17) is 0 Å². The summed E-state index contributed by atoms with van der Waals surface area (Å²) >= 11 is 0. The molecule has 0 aromatic rings. The van der Waals surface area contributed by atoms with Gasteiger partial charge >= 0.3 is 0 Å². The summed E-state index contributed by atoms with van der Waals surface area (Å²) < 4.78 is 26.8. The zero-order valence-corrected chi connectivity index (χ0v) is 9.36. The number of halogens is 2. The third-order valence-corrected chi connectivity index (χ3v) is 4.83. The third kappa shape index (κ3) is 1.16. The summed E-state index contributed by atoms with van der Waals surface area (Å²) in [6.45, 7) is 3.89. The minimum absolute atomic E-state index is 0.155. The normalized spacial score (nSPS) is 47.4. The zero-order valence-electron chi connectivity index (χ0n) is 9.36. The van der Waals surface area contributed by atoms with E-state index in [1.807, 2.05) is 0 Å². The van der Waals surface area contributed by atoms with Crippen LogP contribution in [0.3, 0.4) is 0 Å². The molecule has 0 bridgehead atoms. The molecule has 2 atom stereocenters. The first-order chi connectivity index (χ1) is 7.04. The Balaban J connectivity index is 1.83. The van der Waals surface area contributed by atoms with Crippen LogP contribution in [0, 0.1) is 5.41 Å². The smallest absolute Gasteiger partial charge is 0.255 e. The fraction of sp³-hybridized carbons (Fsp3) is 1.00. The van der Waals surface area contributed by atoms with Gasteiger partial charge in [-0.1, -0.05) is 13.3 Å². The van der Waals surface area contributed by atoms with Crippen molar-refractivity contribution in [3.8, 4) is 0 Å². The number of hydrogen-bond donors (Lipinski definition) is 0. The van der Waals surface area contributed by atoms with Gasteiger partial charge < -0.3 is 0 Å². The van der Waals surface area contributed by atoms with Gasteiger partial charge in [0, 0.05) is 18.5 Å². The summed E-state index contributed by atoms with van der Waals surface area (Å²) in [6, 6.07) is 0. The number of nitrogens with zero attached hydrogens (tertiary/aromatic N) is 1. The molecule has 2 aliphatic heterocycles. The Morgan fingerprint density at radius 2 is 2.00 bits per heavy atom. The molecule has 3 aliphatic rings. The van der Waals surface area contributed by atoms with E-state index in [-0.39, 0.29) is 12.0 Å². The molecule has 1 spiro atoms. The van der Waals surface area contributed by atoms with E-state index in [2.05, 4.69) is 11.8 Å². The lowest BCUT2D eigenvalue weighted by Crippen LogP contribution is -2.37. The van der Waals surface area contributed by atoms with Gasteiger partial charge in [0.2, 0.25) is 0 Å². The van der Waals surface area contributed by atoms with Gasteiger partial charge in [-0.25, -0.2) is 8.78 Å². The Kier molecular flexibility index (Phi) is 1.82. The van der Waals surface area contributed by atoms with Crippen LogP contribution >= 0.6 is 0 Å². The first-order valence-corrected chi connectivity index (χ1v) is 6.17. The Morgan fingerprint density at radius 1 is 1.27 bits per heavy atom. The van der Waals surface area contributed by atoms with Crippen molar-refractivity contribution in [2.45, 2.75) is 56.9 Å². The molecule has 1 aliphatic carbocycles. The van der Waals surface area contributed by atoms with Gasteiger partial charge in [0.1, 0.15) is 0 Å². The summed E-state index contributed by atoms with van der Waals surface area (Å²) in [4.78, 5) is 2.37. The fourth-order valence-electron chi connectivity index (χ4n) is 4.07. The van der Waals surface area contributed by atoms with Crippen LogP contribution in [0.25, 0.3) is 0 Å². The number of rotatable bonds is 2. The molecule has 1 saturated carbocycles. The van der Waals surface area contributed by atoms with E-state index in [9.17, 15) is 8.78 Å². The van der Waals surface area contributed by atoms with Crippen LogP contribution in [0.2, 0.25) is 0 Å². The van der Waals surface area contributed by atoms with E-state index >= 15 is 0 Å². The highest BCUT2D eigenvalue weighted by Crippen LogP contribution is 2.70. The van der Waals surface area contributed by atoms with Crippen LogP contribution < -0.4 is 0 Å². The number of hydrogen-bond acceptors (Lipinski definition) is 1. The van der Waals surface area contributed by atoms with E-state index in [1.54, 1.807) is 0 Å². The van der Waals surface area contributed by atoms with Crippen molar-refractivity contribution in [1.29, 1.82) is 0 Å². The molecule has 86 valence electrons. The monoisotopic (exact) mass is 215 g/mol. The fourth-order valence-corrected chi connectivity index (χ4v) is 4.07. The van der Waals surface area contributed by atoms with Crippen LogP contribution in [0.15, 0.2) is 0 Å². The Hall–Kier alpha value is -0.180. The van der Waals surface area contributed by atoms with E-state index in [0.29, 0.717) is 6.54 Å². The molecular weight excluding hydrogens is 196 g/mol. The number of alkyl halides is 2. The molecule has 15 heavy (non-hydrogen) atoms. The topological polar surface area (TPSA) is 3.24 Å². The lowest BCUT2D eigenvalue weighted by Gasteiger charge is -2.31. The third-order valence-electron chi connectivity index (χ3n) is 4.83. The predicted octanol–water partition coefficient (Wildman–Crippen LogP) is 3.05. The summed E-state index contributed by atoms with van der Waals surface area (Å²) in [5.41, 5.74) is -0.447. The average molecular weight is 215 g/mol. The molecule has 0 aromatic heterocycles. The van der Waals surface area contributed by atoms with Crippen molar-refractivity contribution in [1.82, 2.24) is 4.90 Å². The molecule has 3 rings (SSSR count). The standard InChI is InChI=1S/C12H19F2N/c1-2-4-11-5-3-6-15(11)9-10(7-11)8-12(10,13)14/h2-9H2,1H3/t10-,11-/m0/s1. The Bertz CT molecular complexity index is 291. The molecule has 1 nitrogen and oxygen atoms in total. The molecular formula is C12H19F2N. The second kappa shape index (κ2) is 2.73. The molecule has 0 amide bonds. The Morgan fingerprint density at radius 3 is 2.60 bits per heavy atom. The van der Waals surface area contributed by atoms with Crippen LogP contribution in [0.4, 0.5) is 8.78 Å². The van der Waals surface area contributed by atoms with E-state index in [0.717, 1.165) is 32.2 Å². The van der Waals surface area contributed by atoms with Gasteiger partial charge in [0.05, 0.1) is 5.41 Å². The van der Waals surface area contributed by atoms with Gasteiger partial charge in [-0.3, -0.25) is 4.90 Å². The molecule has 2 saturated heterocycles. The predicted molar refractivity (Wildman–Crippen MR) is 55.1 cm³/mol. The van der Waals surface area contributed by atoms with Gasteiger partial charge in [0.25, 0.3) is 5.92 Å². The Labute approximate surface area is 89.8 Å². The summed E-state index contributed by atoms with van der Waals surface area (Å²) in [6.07, 6.45) is 5.52. The maximum atomic E-state index is 13.4. The summed E-state index contributed by atoms with van der Waals surface area (Å²) in [5, 5.41) is 0. The average Bonchev–Trinajstić information content (AvgIpc) is 2.43. The summed E-state index contributed by atoms with van der Waals surface area (Å²) in [5.74, 6) is -2.35. The van der Waals surface area contributed by atoms with Crippen LogP contribution in [0.5, 0.6) is 0 Å². The quantitative estimate of drug-likeness (QED) is 0.684. The van der Waals surface area contributed by atoms with Crippen molar-refractivity contribution in [2.24, 2.45) is 5.41 Å². The molecule has 2 heterocycles. The second-order valence-corrected chi connectivity index (χ2v) is 5.84. The van der Waals surface area contributed by atoms with Gasteiger partial charge in [-0.15, -0.1) is 0 Å². The van der Waals surface area contributed by atoms with Crippen LogP contribution in [-0.4, -0.2) is 29.5 Å². The lowest BCUT2D eigenvalue weighted by atomic mass is 9.84. The van der Waals surface area contributed by atoms with Crippen molar-refractivity contribution >= 4 is 0 Å². The van der Waals surface area contributed by atoms with E-state index < -0.39 is 11.3 Å². The molecule has 0 N–H and O–H groups in total. The first-order valence-electron chi connectivity index (χ1n) is 6.17. The van der Waals surface area contributed by atoms with E-state index in [1.165, 1.54) is 6.42 Å². The second-order valence-electron chi connectivity index (χ2n) is 5.84. The molecule has 3 heteroatoms. The zero-order chi connectivity index (χ0) is 10.7. The molecule has 0 unspecified atom stereocenters.